The molecule has 0 aliphatic heterocycles. The summed E-state index contributed by atoms with van der Waals surface area (Å²) < 4.78 is 16.7. The van der Waals surface area contributed by atoms with Crippen LogP contribution in [-0.4, -0.2) is 44.2 Å². The molecule has 6 atom stereocenters. The molecule has 0 aromatic heterocycles. The second-order valence-corrected chi connectivity index (χ2v) is 12.8. The predicted octanol–water partition coefficient (Wildman–Crippen LogP) is 6.61. The molecule has 0 amide bonds. The fraction of sp³-hybridized carbons (Fsp3) is 0.600. The Morgan fingerprint density at radius 2 is 1.74 bits per heavy atom. The van der Waals surface area contributed by atoms with Crippen molar-refractivity contribution in [1.82, 2.24) is 0 Å². The lowest BCUT2D eigenvalue weighted by Crippen LogP contribution is -2.52. The topological polar surface area (TPSA) is 47.9 Å². The summed E-state index contributed by atoms with van der Waals surface area (Å²) in [6.45, 7) is 4.65. The average Bonchev–Trinajstić information content (AvgIpc) is 3.76. The minimum absolute atomic E-state index is 0.163. The lowest BCUT2D eigenvalue weighted by atomic mass is 9.49. The quantitative estimate of drug-likeness (QED) is 0.278. The fourth-order valence-electron chi connectivity index (χ4n) is 8.55. The van der Waals surface area contributed by atoms with Gasteiger partial charge in [-0.1, -0.05) is 37.3 Å². The number of hydrogen-bond donors (Lipinski definition) is 1. The smallest absolute Gasteiger partial charge is 0.119 e. The van der Waals surface area contributed by atoms with E-state index in [1.807, 2.05) is 0 Å². The van der Waals surface area contributed by atoms with Gasteiger partial charge in [-0.2, -0.15) is 0 Å². The van der Waals surface area contributed by atoms with E-state index in [-0.39, 0.29) is 5.41 Å². The number of terminal acetylenes is 1. The lowest BCUT2D eigenvalue weighted by molar-refractivity contribution is -0.105. The minimum Gasteiger partial charge on any atom is -0.491 e. The van der Waals surface area contributed by atoms with Gasteiger partial charge >= 0.3 is 0 Å². The Balaban J connectivity index is 1.30. The minimum atomic E-state index is -0.771. The van der Waals surface area contributed by atoms with Gasteiger partial charge in [0.05, 0.1) is 25.4 Å². The molecule has 4 aliphatic rings. The number of hydrogen-bond acceptors (Lipinski definition) is 4. The largest absolute Gasteiger partial charge is 0.491 e. The predicted molar refractivity (Wildman–Crippen MR) is 154 cm³/mol. The van der Waals surface area contributed by atoms with Crippen LogP contribution in [0.1, 0.15) is 91.9 Å². The highest BCUT2D eigenvalue weighted by molar-refractivity contribution is 5.44. The van der Waals surface area contributed by atoms with Gasteiger partial charge in [0.15, 0.2) is 0 Å². The zero-order chi connectivity index (χ0) is 27.0. The SMILES string of the molecule is C#CC[C@]1(O)CC[C@H]2[C@@H]3CCc4cc(OCCOCCOC)ccc4C3[C@@H](c3ccc(C4CC4)cc3)C[C@@]21C. The number of methoxy groups -OCH3 is 1. The summed E-state index contributed by atoms with van der Waals surface area (Å²) in [7, 11) is 1.68. The Morgan fingerprint density at radius 1 is 0.974 bits per heavy atom. The monoisotopic (exact) mass is 528 g/mol. The number of aliphatic hydroxyl groups is 1. The zero-order valence-corrected chi connectivity index (χ0v) is 23.7. The van der Waals surface area contributed by atoms with Crippen LogP contribution in [0, 0.1) is 29.6 Å². The van der Waals surface area contributed by atoms with Crippen molar-refractivity contribution in [2.75, 3.05) is 33.5 Å². The van der Waals surface area contributed by atoms with Gasteiger partial charge in [0.2, 0.25) is 0 Å². The standard InChI is InChI=1S/C35H44O4/c1-4-16-35(36)17-15-32-30-13-11-27-22-28(39-21-20-38-19-18-37-3)12-14-29(27)33(30)31(23-34(32,35)2)26-9-7-25(8-10-26)24-5-6-24/h1,7-10,12,14,22,24,30-33,36H,5-6,11,13,15-21,23H2,2-3H3/t30-,31+,32-,33?,34-,35-/m0/s1. The summed E-state index contributed by atoms with van der Waals surface area (Å²) in [5, 5.41) is 11.9. The Labute approximate surface area is 234 Å². The molecule has 3 saturated carbocycles. The third-order valence-electron chi connectivity index (χ3n) is 10.8. The van der Waals surface area contributed by atoms with E-state index in [4.69, 9.17) is 20.6 Å². The van der Waals surface area contributed by atoms with E-state index >= 15 is 0 Å². The van der Waals surface area contributed by atoms with Crippen molar-refractivity contribution in [2.45, 2.75) is 81.6 Å². The van der Waals surface area contributed by atoms with Crippen LogP contribution >= 0.6 is 0 Å². The second-order valence-electron chi connectivity index (χ2n) is 12.8. The highest BCUT2D eigenvalue weighted by atomic mass is 16.5. The maximum Gasteiger partial charge on any atom is 0.119 e. The molecular formula is C35H44O4. The third-order valence-corrected chi connectivity index (χ3v) is 10.8. The molecular weight excluding hydrogens is 484 g/mol. The van der Waals surface area contributed by atoms with Gasteiger partial charge in [0, 0.05) is 18.9 Å². The molecule has 0 radical (unpaired) electrons. The summed E-state index contributed by atoms with van der Waals surface area (Å²) in [6, 6.07) is 16.3. The lowest BCUT2D eigenvalue weighted by Gasteiger charge is -2.56. The van der Waals surface area contributed by atoms with Gasteiger partial charge in [-0.25, -0.2) is 0 Å². The zero-order valence-electron chi connectivity index (χ0n) is 23.7. The number of fused-ring (bicyclic) bond motifs is 5. The van der Waals surface area contributed by atoms with Crippen LogP contribution in [0.25, 0.3) is 0 Å². The second kappa shape index (κ2) is 10.9. The summed E-state index contributed by atoms with van der Waals surface area (Å²) in [6.07, 6.45) is 14.0. The highest BCUT2D eigenvalue weighted by Gasteiger charge is 2.63. The molecule has 0 saturated heterocycles. The van der Waals surface area contributed by atoms with E-state index in [1.54, 1.807) is 7.11 Å². The molecule has 0 heterocycles. The average molecular weight is 529 g/mol. The van der Waals surface area contributed by atoms with Crippen molar-refractivity contribution in [2.24, 2.45) is 17.3 Å². The number of ether oxygens (including phenoxy) is 3. The Kier molecular flexibility index (Phi) is 7.53. The first-order valence-corrected chi connectivity index (χ1v) is 15.1. The van der Waals surface area contributed by atoms with Crippen LogP contribution in [0.3, 0.4) is 0 Å². The van der Waals surface area contributed by atoms with E-state index in [0.29, 0.717) is 56.5 Å². The molecule has 6 rings (SSSR count). The molecule has 4 nitrogen and oxygen atoms in total. The molecule has 208 valence electrons. The van der Waals surface area contributed by atoms with Crippen molar-refractivity contribution in [3.8, 4) is 18.1 Å². The molecule has 1 unspecified atom stereocenters. The molecule has 0 bridgehead atoms. The van der Waals surface area contributed by atoms with Crippen LogP contribution in [0.4, 0.5) is 0 Å². The van der Waals surface area contributed by atoms with Gasteiger partial charge in [-0.3, -0.25) is 0 Å². The molecule has 3 fully saturated rings. The first kappa shape index (κ1) is 26.9. The normalized spacial score (nSPS) is 33.1. The van der Waals surface area contributed by atoms with Crippen molar-refractivity contribution in [3.05, 3.63) is 64.7 Å². The molecule has 1 N–H and O–H groups in total. The highest BCUT2D eigenvalue weighted by Crippen LogP contribution is 2.68. The van der Waals surface area contributed by atoms with E-state index in [2.05, 4.69) is 55.3 Å². The van der Waals surface area contributed by atoms with Crippen LogP contribution in [0.5, 0.6) is 5.75 Å². The first-order chi connectivity index (χ1) is 19.0. The molecule has 2 aromatic carbocycles. The van der Waals surface area contributed by atoms with Crippen LogP contribution in [0.15, 0.2) is 42.5 Å². The maximum absolute atomic E-state index is 11.9. The van der Waals surface area contributed by atoms with Crippen molar-refractivity contribution >= 4 is 0 Å². The first-order valence-electron chi connectivity index (χ1n) is 15.1. The summed E-state index contributed by atoms with van der Waals surface area (Å²) in [5.41, 5.74) is 4.88. The van der Waals surface area contributed by atoms with Crippen molar-refractivity contribution < 1.29 is 19.3 Å². The third kappa shape index (κ3) is 4.92. The molecule has 4 aliphatic carbocycles. The van der Waals surface area contributed by atoms with E-state index in [1.165, 1.54) is 35.1 Å². The van der Waals surface area contributed by atoms with E-state index < -0.39 is 5.60 Å². The van der Waals surface area contributed by atoms with Crippen molar-refractivity contribution in [3.63, 3.8) is 0 Å². The molecule has 2 aromatic rings. The fourth-order valence-corrected chi connectivity index (χ4v) is 8.55. The van der Waals surface area contributed by atoms with Crippen LogP contribution in [0.2, 0.25) is 0 Å². The molecule has 39 heavy (non-hydrogen) atoms. The van der Waals surface area contributed by atoms with Gasteiger partial charge in [-0.15, -0.1) is 12.3 Å². The van der Waals surface area contributed by atoms with E-state index in [9.17, 15) is 5.11 Å². The Bertz CT molecular complexity index is 1190. The number of benzene rings is 2. The van der Waals surface area contributed by atoms with Gasteiger partial charge in [0.1, 0.15) is 12.4 Å². The van der Waals surface area contributed by atoms with Gasteiger partial charge in [0.25, 0.3) is 0 Å². The van der Waals surface area contributed by atoms with Crippen LogP contribution < -0.4 is 4.74 Å². The van der Waals surface area contributed by atoms with E-state index in [0.717, 1.165) is 43.8 Å². The molecule has 4 heteroatoms. The number of aryl methyl sites for hydroxylation is 1. The maximum atomic E-state index is 11.9. The summed E-state index contributed by atoms with van der Waals surface area (Å²) in [5.74, 6) is 6.40. The summed E-state index contributed by atoms with van der Waals surface area (Å²) in [4.78, 5) is 0. The molecule has 0 spiro atoms. The number of rotatable bonds is 10. The summed E-state index contributed by atoms with van der Waals surface area (Å²) >= 11 is 0. The van der Waals surface area contributed by atoms with Gasteiger partial charge in [-0.05, 0) is 109 Å². The van der Waals surface area contributed by atoms with Gasteiger partial charge < -0.3 is 19.3 Å². The Morgan fingerprint density at radius 3 is 2.49 bits per heavy atom. The Hall–Kier alpha value is -2.32. The van der Waals surface area contributed by atoms with Crippen molar-refractivity contribution in [1.29, 1.82) is 0 Å². The van der Waals surface area contributed by atoms with Crippen LogP contribution in [-0.2, 0) is 15.9 Å².